The van der Waals surface area contributed by atoms with E-state index in [4.69, 9.17) is 0 Å². The first kappa shape index (κ1) is 25.3. The van der Waals surface area contributed by atoms with E-state index >= 15 is 0 Å². The molecule has 0 unspecified atom stereocenters. The molecular weight excluding hydrogens is 452 g/mol. The zero-order valence-electron chi connectivity index (χ0n) is 16.3. The molecule has 0 fully saturated rings. The summed E-state index contributed by atoms with van der Waals surface area (Å²) in [6.45, 7) is 4.56. The molecular formula is C22H34Br2N2. The molecule has 0 atom stereocenters. The maximum atomic E-state index is 2.33. The van der Waals surface area contributed by atoms with Gasteiger partial charge in [-0.3, -0.25) is 0 Å². The van der Waals surface area contributed by atoms with Crippen molar-refractivity contribution >= 4 is 0 Å². The average Bonchev–Trinajstić information content (AvgIpc) is 2.63. The van der Waals surface area contributed by atoms with Crippen molar-refractivity contribution in [3.05, 3.63) is 60.2 Å². The molecule has 0 spiro atoms. The normalized spacial score (nSPS) is 10.1. The Kier molecular flexibility index (Phi) is 14.9. The molecule has 0 N–H and O–H groups in total. The van der Waals surface area contributed by atoms with Crippen LogP contribution in [-0.4, -0.2) is 0 Å². The minimum absolute atomic E-state index is 0. The van der Waals surface area contributed by atoms with E-state index in [0.29, 0.717) is 0 Å². The lowest BCUT2D eigenvalue weighted by atomic mass is 10.0. The molecule has 2 nitrogen and oxygen atoms in total. The lowest BCUT2D eigenvalue weighted by molar-refractivity contribution is -1.30. The van der Waals surface area contributed by atoms with Gasteiger partial charge in [-0.25, -0.2) is 0 Å². The Labute approximate surface area is 181 Å². The van der Waals surface area contributed by atoms with Crippen molar-refractivity contribution in [2.45, 2.75) is 78.1 Å². The van der Waals surface area contributed by atoms with Crippen LogP contribution < -0.4 is 43.3 Å². The predicted octanol–water partition coefficient (Wildman–Crippen LogP) is -1.17. The monoisotopic (exact) mass is 484 g/mol. The number of rotatable bonds is 11. The van der Waals surface area contributed by atoms with Gasteiger partial charge in [0, 0.05) is 30.2 Å². The van der Waals surface area contributed by atoms with Gasteiger partial charge in [0.05, 0.1) is 9.35 Å². The van der Waals surface area contributed by atoms with E-state index < -0.39 is 0 Å². The van der Waals surface area contributed by atoms with E-state index in [1.54, 1.807) is 0 Å². The molecule has 2 aromatic heterocycles. The first-order valence-corrected chi connectivity index (χ1v) is 9.86. The summed E-state index contributed by atoms with van der Waals surface area (Å²) in [7, 11) is 0. The van der Waals surface area contributed by atoms with Crippen LogP contribution in [0.4, 0.5) is 0 Å². The first-order valence-electron chi connectivity index (χ1n) is 9.86. The van der Waals surface area contributed by atoms with Crippen molar-refractivity contribution in [1.29, 1.82) is 0 Å². The Balaban J connectivity index is 0.00000312. The highest BCUT2D eigenvalue weighted by Crippen LogP contribution is 2.13. The van der Waals surface area contributed by atoms with Gasteiger partial charge in [0.1, 0.15) is 0 Å². The van der Waals surface area contributed by atoms with Crippen molar-refractivity contribution < 1.29 is 43.3 Å². The summed E-state index contributed by atoms with van der Waals surface area (Å²) < 4.78 is 4.53. The van der Waals surface area contributed by atoms with Gasteiger partial charge < -0.3 is 34.0 Å². The lowest BCUT2D eigenvalue weighted by Crippen LogP contribution is -3.00. The smallest absolute Gasteiger partial charge is 0.257 e. The Hall–Kier alpha value is -0.740. The van der Waals surface area contributed by atoms with Crippen LogP contribution in [0, 0.1) is 0 Å². The first-order chi connectivity index (χ1) is 11.9. The SMILES string of the molecule is CCCCCCc1ccc[n+](-[n+]2ccccc2)c1CCCCCC.[Br-].[Br-]. The number of aromatic nitrogens is 2. The van der Waals surface area contributed by atoms with E-state index in [0.717, 1.165) is 0 Å². The molecule has 0 aliphatic heterocycles. The number of hydrogen-bond donors (Lipinski definition) is 0. The van der Waals surface area contributed by atoms with Gasteiger partial charge in [-0.1, -0.05) is 52.4 Å². The second kappa shape index (κ2) is 15.3. The second-order valence-electron chi connectivity index (χ2n) is 6.70. The van der Waals surface area contributed by atoms with Gasteiger partial charge in [0.15, 0.2) is 0 Å². The molecule has 146 valence electrons. The quantitative estimate of drug-likeness (QED) is 0.280. The molecule has 0 aromatic carbocycles. The Morgan fingerprint density at radius 1 is 0.654 bits per heavy atom. The lowest BCUT2D eigenvalue weighted by Gasteiger charge is -2.06. The fraction of sp³-hybridized carbons (Fsp3) is 0.545. The van der Waals surface area contributed by atoms with Crippen molar-refractivity contribution in [1.82, 2.24) is 0 Å². The number of hydrogen-bond acceptors (Lipinski definition) is 0. The average molecular weight is 486 g/mol. The molecule has 2 rings (SSSR count). The molecule has 0 amide bonds. The molecule has 2 heterocycles. The maximum Gasteiger partial charge on any atom is 0.257 e. The largest absolute Gasteiger partial charge is 1.00 e. The number of nitrogens with zero attached hydrogens (tertiary/aromatic N) is 2. The van der Waals surface area contributed by atoms with Crippen LogP contribution >= 0.6 is 0 Å². The van der Waals surface area contributed by atoms with Crippen LogP contribution in [0.1, 0.15) is 76.5 Å². The van der Waals surface area contributed by atoms with Crippen LogP contribution in [0.3, 0.4) is 0 Å². The number of aryl methyl sites for hydroxylation is 1. The third-order valence-corrected chi connectivity index (χ3v) is 4.69. The summed E-state index contributed by atoms with van der Waals surface area (Å²) in [5.41, 5.74) is 3.02. The molecule has 0 bridgehead atoms. The fourth-order valence-corrected chi connectivity index (χ4v) is 3.29. The zero-order chi connectivity index (χ0) is 17.0. The van der Waals surface area contributed by atoms with Gasteiger partial charge in [-0.15, -0.1) is 0 Å². The minimum atomic E-state index is 0. The van der Waals surface area contributed by atoms with Gasteiger partial charge in [0.25, 0.3) is 5.69 Å². The van der Waals surface area contributed by atoms with Gasteiger partial charge in [-0.2, -0.15) is 0 Å². The molecule has 2 aromatic rings. The van der Waals surface area contributed by atoms with Crippen LogP contribution in [0.25, 0.3) is 0 Å². The number of pyridine rings is 2. The van der Waals surface area contributed by atoms with Crippen molar-refractivity contribution in [3.63, 3.8) is 0 Å². The standard InChI is InChI=1S/C22H34N2.2BrH/c1-3-5-7-10-15-21-16-14-20-24(23-18-12-9-13-19-23)22(21)17-11-8-6-4-2;;/h9,12-14,16,18-20H,3-8,10-11,15,17H2,1-2H3;2*1H/q+2;;/p-2. The van der Waals surface area contributed by atoms with Gasteiger partial charge >= 0.3 is 0 Å². The molecule has 0 aliphatic carbocycles. The summed E-state index contributed by atoms with van der Waals surface area (Å²) in [5.74, 6) is 0. The Morgan fingerprint density at radius 3 is 1.88 bits per heavy atom. The third kappa shape index (κ3) is 8.30. The Morgan fingerprint density at radius 2 is 1.27 bits per heavy atom. The van der Waals surface area contributed by atoms with Crippen molar-refractivity contribution in [2.75, 3.05) is 0 Å². The van der Waals surface area contributed by atoms with Gasteiger partial charge in [0.2, 0.25) is 18.6 Å². The predicted molar refractivity (Wildman–Crippen MR) is 99.8 cm³/mol. The highest BCUT2D eigenvalue weighted by atomic mass is 79.9. The van der Waals surface area contributed by atoms with E-state index in [1.807, 2.05) is 0 Å². The van der Waals surface area contributed by atoms with Crippen LogP contribution in [0.5, 0.6) is 0 Å². The Bertz CT molecular complexity index is 588. The fourth-order valence-electron chi connectivity index (χ4n) is 3.29. The summed E-state index contributed by atoms with van der Waals surface area (Å²) in [6.07, 6.45) is 19.4. The summed E-state index contributed by atoms with van der Waals surface area (Å²) in [5, 5.41) is 0. The van der Waals surface area contributed by atoms with Crippen LogP contribution in [0.2, 0.25) is 0 Å². The summed E-state index contributed by atoms with van der Waals surface area (Å²) >= 11 is 0. The molecule has 0 aliphatic rings. The van der Waals surface area contributed by atoms with Gasteiger partial charge in [-0.05, 0) is 31.4 Å². The van der Waals surface area contributed by atoms with Crippen molar-refractivity contribution in [2.24, 2.45) is 0 Å². The molecule has 26 heavy (non-hydrogen) atoms. The molecule has 0 saturated heterocycles. The minimum Gasteiger partial charge on any atom is -1.00 e. The molecule has 4 heteroatoms. The zero-order valence-corrected chi connectivity index (χ0v) is 19.5. The molecule has 0 saturated carbocycles. The topological polar surface area (TPSA) is 7.76 Å². The molecule has 0 radical (unpaired) electrons. The highest BCUT2D eigenvalue weighted by Gasteiger charge is 2.22. The highest BCUT2D eigenvalue weighted by molar-refractivity contribution is 5.16. The van der Waals surface area contributed by atoms with Crippen LogP contribution in [0.15, 0.2) is 48.9 Å². The van der Waals surface area contributed by atoms with E-state index in [9.17, 15) is 0 Å². The summed E-state index contributed by atoms with van der Waals surface area (Å²) in [4.78, 5) is 0. The maximum absolute atomic E-state index is 2.33. The van der Waals surface area contributed by atoms with E-state index in [2.05, 4.69) is 72.1 Å². The summed E-state index contributed by atoms with van der Waals surface area (Å²) in [6, 6.07) is 10.8. The third-order valence-electron chi connectivity index (χ3n) is 4.69. The van der Waals surface area contributed by atoms with Crippen LogP contribution in [-0.2, 0) is 12.8 Å². The van der Waals surface area contributed by atoms with Crippen molar-refractivity contribution in [3.8, 4) is 0 Å². The number of unbranched alkanes of at least 4 members (excludes halogenated alkanes) is 6. The number of halogens is 2. The van der Waals surface area contributed by atoms with E-state index in [-0.39, 0.29) is 34.0 Å². The second-order valence-corrected chi connectivity index (χ2v) is 6.70. The van der Waals surface area contributed by atoms with E-state index in [1.165, 1.54) is 75.5 Å².